The van der Waals surface area contributed by atoms with Gasteiger partial charge in [0.1, 0.15) is 0 Å². The molecule has 2 aromatic carbocycles. The minimum absolute atomic E-state index is 0.215. The van der Waals surface area contributed by atoms with Gasteiger partial charge in [-0.15, -0.1) is 0 Å². The normalized spacial score (nSPS) is 29.1. The molecule has 0 aliphatic heterocycles. The first-order valence-corrected chi connectivity index (χ1v) is 10.1. The zero-order valence-corrected chi connectivity index (χ0v) is 15.6. The molecule has 3 aliphatic carbocycles. The van der Waals surface area contributed by atoms with Crippen LogP contribution >= 0.6 is 0 Å². The van der Waals surface area contributed by atoms with Gasteiger partial charge in [-0.05, 0) is 60.3 Å². The van der Waals surface area contributed by atoms with Crippen molar-refractivity contribution >= 4 is 27.8 Å². The van der Waals surface area contributed by atoms with Crippen LogP contribution in [0.15, 0.2) is 60.7 Å². The molecule has 0 radical (unpaired) electrons. The Bertz CT molecular complexity index is 1100. The zero-order valence-electron chi connectivity index (χ0n) is 15.6. The highest BCUT2D eigenvalue weighted by Crippen LogP contribution is 2.62. The molecule has 2 fully saturated rings. The van der Waals surface area contributed by atoms with Crippen molar-refractivity contribution in [1.82, 2.24) is 4.57 Å². The third kappa shape index (κ3) is 1.99. The third-order valence-corrected chi connectivity index (χ3v) is 7.36. The predicted molar refractivity (Wildman–Crippen MR) is 109 cm³/mol. The lowest BCUT2D eigenvalue weighted by atomic mass is 9.77. The summed E-state index contributed by atoms with van der Waals surface area (Å²) in [5.74, 6) is 2.32. The summed E-state index contributed by atoms with van der Waals surface area (Å²) in [4.78, 5) is 13.7. The third-order valence-electron chi connectivity index (χ3n) is 7.36. The Kier molecular flexibility index (Phi) is 3.12. The number of hydrogen-bond acceptors (Lipinski definition) is 1. The topological polar surface area (TPSA) is 22.0 Å². The van der Waals surface area contributed by atoms with Crippen LogP contribution in [-0.4, -0.2) is 10.4 Å². The Labute approximate surface area is 159 Å². The summed E-state index contributed by atoms with van der Waals surface area (Å²) < 4.78 is 2.22. The summed E-state index contributed by atoms with van der Waals surface area (Å²) in [6.45, 7) is 0. The van der Waals surface area contributed by atoms with Crippen molar-refractivity contribution in [2.45, 2.75) is 19.3 Å². The van der Waals surface area contributed by atoms with E-state index in [0.717, 1.165) is 11.3 Å². The number of aromatic nitrogens is 1. The van der Waals surface area contributed by atoms with E-state index in [9.17, 15) is 4.79 Å². The van der Waals surface area contributed by atoms with Crippen molar-refractivity contribution in [3.8, 4) is 0 Å². The van der Waals surface area contributed by atoms with Gasteiger partial charge in [-0.2, -0.15) is 0 Å². The lowest BCUT2D eigenvalue weighted by molar-refractivity contribution is -0.118. The molecule has 0 N–H and O–H groups in total. The number of benzene rings is 2. The minimum atomic E-state index is 0.215. The standard InChI is InChI=1S/C25H23NO/c1-26-19-10-6-5-9-16(19)14-20(26)24-21(15-7-3-2-4-8-15)22-17-11-12-18(13-17)23(22)25(24)27/h2-10,14,17-18,22-23H,11-13H2,1H3/t17-,18+,22-,23-/m0/s1. The number of para-hydroxylation sites is 1. The Morgan fingerprint density at radius 3 is 2.37 bits per heavy atom. The molecule has 0 saturated heterocycles. The van der Waals surface area contributed by atoms with E-state index in [1.54, 1.807) is 0 Å². The Morgan fingerprint density at radius 2 is 1.59 bits per heavy atom. The summed E-state index contributed by atoms with van der Waals surface area (Å²) in [5.41, 5.74) is 5.84. The average molecular weight is 353 g/mol. The van der Waals surface area contributed by atoms with Crippen molar-refractivity contribution in [1.29, 1.82) is 0 Å². The molecule has 3 aliphatic rings. The first kappa shape index (κ1) is 15.4. The smallest absolute Gasteiger partial charge is 0.169 e. The molecular formula is C25H23NO. The first-order chi connectivity index (χ1) is 13.2. The maximum absolute atomic E-state index is 13.7. The molecule has 6 rings (SSSR count). The lowest BCUT2D eigenvalue weighted by Gasteiger charge is -2.26. The summed E-state index contributed by atoms with van der Waals surface area (Å²) >= 11 is 0. The van der Waals surface area contributed by atoms with E-state index in [1.165, 1.54) is 41.3 Å². The molecular weight excluding hydrogens is 330 g/mol. The van der Waals surface area contributed by atoms with E-state index in [4.69, 9.17) is 0 Å². The Balaban J connectivity index is 1.64. The van der Waals surface area contributed by atoms with Gasteiger partial charge in [0, 0.05) is 29.4 Å². The summed E-state index contributed by atoms with van der Waals surface area (Å²) in [6, 6.07) is 21.3. The fourth-order valence-corrected chi connectivity index (χ4v) is 6.30. The summed E-state index contributed by atoms with van der Waals surface area (Å²) in [6.07, 6.45) is 3.78. The highest BCUT2D eigenvalue weighted by molar-refractivity contribution is 6.33. The van der Waals surface area contributed by atoms with Crippen LogP contribution in [0.1, 0.15) is 30.5 Å². The summed E-state index contributed by atoms with van der Waals surface area (Å²) in [7, 11) is 2.10. The number of fused-ring (bicyclic) bond motifs is 6. The summed E-state index contributed by atoms with van der Waals surface area (Å²) in [5, 5.41) is 1.21. The molecule has 2 bridgehead atoms. The molecule has 4 atom stereocenters. The number of allylic oxidation sites excluding steroid dienone is 2. The van der Waals surface area contributed by atoms with Crippen LogP contribution in [0.25, 0.3) is 22.0 Å². The molecule has 0 spiro atoms. The van der Waals surface area contributed by atoms with Crippen LogP contribution in [0.2, 0.25) is 0 Å². The van der Waals surface area contributed by atoms with Crippen molar-refractivity contribution in [2.24, 2.45) is 30.7 Å². The fraction of sp³-hybridized carbons (Fsp3) is 0.320. The van der Waals surface area contributed by atoms with E-state index >= 15 is 0 Å². The van der Waals surface area contributed by atoms with Crippen LogP contribution < -0.4 is 0 Å². The van der Waals surface area contributed by atoms with Gasteiger partial charge in [0.05, 0.1) is 5.69 Å². The second-order valence-electron chi connectivity index (χ2n) is 8.55. The monoisotopic (exact) mass is 353 g/mol. The van der Waals surface area contributed by atoms with Crippen LogP contribution in [0.3, 0.4) is 0 Å². The van der Waals surface area contributed by atoms with E-state index in [0.29, 0.717) is 23.5 Å². The van der Waals surface area contributed by atoms with Gasteiger partial charge in [-0.3, -0.25) is 4.79 Å². The van der Waals surface area contributed by atoms with Crippen LogP contribution in [-0.2, 0) is 11.8 Å². The lowest BCUT2D eigenvalue weighted by Crippen LogP contribution is -2.24. The fourth-order valence-electron chi connectivity index (χ4n) is 6.30. The molecule has 3 aromatic rings. The van der Waals surface area contributed by atoms with Gasteiger partial charge in [0.15, 0.2) is 5.78 Å². The average Bonchev–Trinajstić information content (AvgIpc) is 3.44. The van der Waals surface area contributed by atoms with Crippen molar-refractivity contribution in [3.63, 3.8) is 0 Å². The van der Waals surface area contributed by atoms with Gasteiger partial charge in [0.25, 0.3) is 0 Å². The highest BCUT2D eigenvalue weighted by Gasteiger charge is 2.57. The quantitative estimate of drug-likeness (QED) is 0.610. The van der Waals surface area contributed by atoms with Gasteiger partial charge in [0.2, 0.25) is 0 Å². The minimum Gasteiger partial charge on any atom is -0.344 e. The van der Waals surface area contributed by atoms with E-state index < -0.39 is 0 Å². The predicted octanol–water partition coefficient (Wildman–Crippen LogP) is 5.33. The second-order valence-corrected chi connectivity index (χ2v) is 8.55. The van der Waals surface area contributed by atoms with Gasteiger partial charge in [-0.1, -0.05) is 48.5 Å². The maximum atomic E-state index is 13.7. The van der Waals surface area contributed by atoms with Crippen molar-refractivity contribution in [2.75, 3.05) is 0 Å². The molecule has 1 aromatic heterocycles. The first-order valence-electron chi connectivity index (χ1n) is 10.1. The maximum Gasteiger partial charge on any atom is 0.169 e. The van der Waals surface area contributed by atoms with Gasteiger partial charge in [-0.25, -0.2) is 0 Å². The number of ketones is 1. The van der Waals surface area contributed by atoms with Gasteiger partial charge >= 0.3 is 0 Å². The molecule has 0 unspecified atom stereocenters. The van der Waals surface area contributed by atoms with Crippen LogP contribution in [0.4, 0.5) is 0 Å². The molecule has 27 heavy (non-hydrogen) atoms. The number of carbonyl (C=O) groups is 1. The molecule has 2 saturated carbocycles. The molecule has 1 heterocycles. The Hall–Kier alpha value is -2.61. The van der Waals surface area contributed by atoms with E-state index in [2.05, 4.69) is 72.3 Å². The molecule has 0 amide bonds. The highest BCUT2D eigenvalue weighted by atomic mass is 16.1. The number of nitrogens with zero attached hydrogens (tertiary/aromatic N) is 1. The molecule has 2 nitrogen and oxygen atoms in total. The van der Waals surface area contributed by atoms with Crippen molar-refractivity contribution in [3.05, 3.63) is 71.9 Å². The van der Waals surface area contributed by atoms with Crippen LogP contribution in [0.5, 0.6) is 0 Å². The van der Waals surface area contributed by atoms with Crippen molar-refractivity contribution < 1.29 is 4.79 Å². The van der Waals surface area contributed by atoms with Crippen LogP contribution in [0, 0.1) is 23.7 Å². The largest absolute Gasteiger partial charge is 0.344 e. The number of hydrogen-bond donors (Lipinski definition) is 0. The number of rotatable bonds is 2. The van der Waals surface area contributed by atoms with Gasteiger partial charge < -0.3 is 4.57 Å². The SMILES string of the molecule is Cn1c(C2=C(c3ccccc3)[C@@H]3[C@H]4CC[C@H](C4)[C@@H]3C2=O)cc2ccccc21. The molecule has 2 heteroatoms. The zero-order chi connectivity index (χ0) is 18.1. The number of Topliss-reactive ketones (excluding diaryl/α,β-unsaturated/α-hetero) is 1. The molecule has 134 valence electrons. The van der Waals surface area contributed by atoms with E-state index in [1.807, 2.05) is 0 Å². The second kappa shape index (κ2) is 5.45. The number of aryl methyl sites for hydroxylation is 1. The Morgan fingerprint density at radius 1 is 0.889 bits per heavy atom. The number of carbonyl (C=O) groups excluding carboxylic acids is 1. The van der Waals surface area contributed by atoms with E-state index in [-0.39, 0.29) is 5.92 Å².